The molecule has 0 aromatic carbocycles. The fraction of sp³-hybridized carbons (Fsp3) is 1.00. The maximum absolute atomic E-state index is 11.0. The Morgan fingerprint density at radius 1 is 1.54 bits per heavy atom. The molecule has 0 aromatic rings. The third-order valence-electron chi connectivity index (χ3n) is 1.92. The first-order valence-electron chi connectivity index (χ1n) is 4.07. The number of rotatable bonds is 2. The molecule has 2 unspecified atom stereocenters. The topological polar surface area (TPSA) is 98.7 Å². The quantitative estimate of drug-likeness (QED) is 0.562. The van der Waals surface area contributed by atoms with E-state index in [4.69, 9.17) is 15.6 Å². The van der Waals surface area contributed by atoms with E-state index in [0.717, 1.165) is 0 Å². The first-order valence-corrected chi connectivity index (χ1v) is 5.57. The van der Waals surface area contributed by atoms with Crippen LogP contribution >= 0.6 is 0 Å². The summed E-state index contributed by atoms with van der Waals surface area (Å²) in [7, 11) is -3.60. The van der Waals surface area contributed by atoms with Crippen LogP contribution in [0.3, 0.4) is 0 Å². The van der Waals surface area contributed by atoms with Gasteiger partial charge in [-0.2, -0.15) is 12.7 Å². The molecular weight excluding hydrogens is 194 g/mol. The average molecular weight is 209 g/mol. The van der Waals surface area contributed by atoms with Crippen molar-refractivity contribution in [3.8, 4) is 0 Å². The summed E-state index contributed by atoms with van der Waals surface area (Å²) in [5.74, 6) is 0. The minimum absolute atomic E-state index is 0.152. The van der Waals surface area contributed by atoms with E-state index >= 15 is 0 Å². The van der Waals surface area contributed by atoms with Gasteiger partial charge in [0.25, 0.3) is 10.2 Å². The smallest absolute Gasteiger partial charge is 0.277 e. The lowest BCUT2D eigenvalue weighted by Gasteiger charge is -2.34. The van der Waals surface area contributed by atoms with E-state index in [1.165, 1.54) is 4.31 Å². The third-order valence-corrected chi connectivity index (χ3v) is 2.93. The molecule has 0 aromatic heterocycles. The number of nitrogens with two attached hydrogens (primary N) is 2. The van der Waals surface area contributed by atoms with Gasteiger partial charge in [-0.25, -0.2) is 5.14 Å². The van der Waals surface area contributed by atoms with Crippen LogP contribution in [0.1, 0.15) is 6.92 Å². The number of hydrogen-bond acceptors (Lipinski definition) is 4. The Kier molecular flexibility index (Phi) is 3.25. The summed E-state index contributed by atoms with van der Waals surface area (Å²) < 4.78 is 28.6. The maximum atomic E-state index is 11.0. The number of nitrogens with zero attached hydrogens (tertiary/aromatic N) is 1. The molecule has 2 atom stereocenters. The van der Waals surface area contributed by atoms with Crippen LogP contribution in [0.5, 0.6) is 0 Å². The Bertz CT molecular complexity index is 266. The molecule has 1 fully saturated rings. The summed E-state index contributed by atoms with van der Waals surface area (Å²) in [5.41, 5.74) is 5.38. The zero-order chi connectivity index (χ0) is 10.1. The van der Waals surface area contributed by atoms with Crippen LogP contribution in [-0.2, 0) is 14.9 Å². The minimum Gasteiger partial charge on any atom is -0.371 e. The normalized spacial score (nSPS) is 31.9. The predicted octanol–water partition coefficient (Wildman–Crippen LogP) is -1.76. The average Bonchev–Trinajstić information content (AvgIpc) is 2.01. The van der Waals surface area contributed by atoms with Gasteiger partial charge in [-0.05, 0) is 6.92 Å². The third kappa shape index (κ3) is 2.89. The molecule has 1 heterocycles. The summed E-state index contributed by atoms with van der Waals surface area (Å²) >= 11 is 0. The van der Waals surface area contributed by atoms with E-state index in [-0.39, 0.29) is 18.8 Å². The van der Waals surface area contributed by atoms with Gasteiger partial charge in [0.15, 0.2) is 0 Å². The highest BCUT2D eigenvalue weighted by molar-refractivity contribution is 7.86. The molecule has 1 saturated heterocycles. The van der Waals surface area contributed by atoms with E-state index < -0.39 is 10.2 Å². The van der Waals surface area contributed by atoms with Crippen LogP contribution in [-0.4, -0.2) is 44.6 Å². The second-order valence-corrected chi connectivity index (χ2v) is 4.71. The van der Waals surface area contributed by atoms with Crippen molar-refractivity contribution in [3.05, 3.63) is 0 Å². The highest BCUT2D eigenvalue weighted by Gasteiger charge is 2.29. The van der Waals surface area contributed by atoms with E-state index in [1.807, 2.05) is 0 Å². The number of hydrogen-bond donors (Lipinski definition) is 2. The molecule has 0 aliphatic carbocycles. The Balaban J connectivity index is 2.68. The molecule has 1 rings (SSSR count). The van der Waals surface area contributed by atoms with Crippen LogP contribution in [0, 0.1) is 0 Å². The molecule has 13 heavy (non-hydrogen) atoms. The second kappa shape index (κ2) is 3.89. The Morgan fingerprint density at radius 2 is 2.15 bits per heavy atom. The van der Waals surface area contributed by atoms with Gasteiger partial charge in [-0.3, -0.25) is 0 Å². The van der Waals surface area contributed by atoms with Crippen molar-refractivity contribution in [1.82, 2.24) is 4.31 Å². The molecule has 78 valence electrons. The van der Waals surface area contributed by atoms with E-state index in [2.05, 4.69) is 0 Å². The van der Waals surface area contributed by atoms with Crippen LogP contribution < -0.4 is 10.9 Å². The van der Waals surface area contributed by atoms with Gasteiger partial charge in [0, 0.05) is 19.6 Å². The molecule has 1 aliphatic rings. The molecule has 7 heteroatoms. The first kappa shape index (κ1) is 10.9. The van der Waals surface area contributed by atoms with E-state index in [9.17, 15) is 8.42 Å². The van der Waals surface area contributed by atoms with Crippen molar-refractivity contribution in [2.45, 2.75) is 19.1 Å². The summed E-state index contributed by atoms with van der Waals surface area (Å²) in [5, 5.41) is 4.99. The second-order valence-electron chi connectivity index (χ2n) is 3.17. The molecule has 0 saturated carbocycles. The first-order chi connectivity index (χ1) is 5.93. The molecular formula is C6H15N3O3S. The SMILES string of the molecule is CC1CN(S(N)(=O)=O)CC(CN)O1. The van der Waals surface area contributed by atoms with E-state index in [1.54, 1.807) is 6.92 Å². The fourth-order valence-corrected chi connectivity index (χ4v) is 2.13. The lowest BCUT2D eigenvalue weighted by molar-refractivity contribution is -0.0486. The van der Waals surface area contributed by atoms with Crippen LogP contribution in [0.15, 0.2) is 0 Å². The van der Waals surface area contributed by atoms with Crippen molar-refractivity contribution >= 4 is 10.2 Å². The Hall–Kier alpha value is -0.210. The van der Waals surface area contributed by atoms with Gasteiger partial charge in [-0.1, -0.05) is 0 Å². The highest BCUT2D eigenvalue weighted by atomic mass is 32.2. The van der Waals surface area contributed by atoms with E-state index in [0.29, 0.717) is 13.1 Å². The summed E-state index contributed by atoms with van der Waals surface area (Å²) in [6.45, 7) is 2.64. The van der Waals surface area contributed by atoms with Gasteiger partial charge in [-0.15, -0.1) is 0 Å². The number of ether oxygens (including phenoxy) is 1. The summed E-state index contributed by atoms with van der Waals surface area (Å²) in [6.07, 6.45) is -0.400. The van der Waals surface area contributed by atoms with Gasteiger partial charge in [0.05, 0.1) is 12.2 Å². The molecule has 0 bridgehead atoms. The predicted molar refractivity (Wildman–Crippen MR) is 48.1 cm³/mol. The molecule has 6 nitrogen and oxygen atoms in total. The van der Waals surface area contributed by atoms with Crippen molar-refractivity contribution in [3.63, 3.8) is 0 Å². The monoisotopic (exact) mass is 209 g/mol. The molecule has 1 aliphatic heterocycles. The van der Waals surface area contributed by atoms with Crippen molar-refractivity contribution in [1.29, 1.82) is 0 Å². The number of morpholine rings is 1. The van der Waals surface area contributed by atoms with Crippen molar-refractivity contribution < 1.29 is 13.2 Å². The van der Waals surface area contributed by atoms with Crippen molar-refractivity contribution in [2.75, 3.05) is 19.6 Å². The molecule has 0 amide bonds. The lowest BCUT2D eigenvalue weighted by atomic mass is 10.2. The van der Waals surface area contributed by atoms with Crippen LogP contribution in [0.25, 0.3) is 0 Å². The highest BCUT2D eigenvalue weighted by Crippen LogP contribution is 2.11. The maximum Gasteiger partial charge on any atom is 0.277 e. The van der Waals surface area contributed by atoms with Crippen LogP contribution in [0.4, 0.5) is 0 Å². The zero-order valence-corrected chi connectivity index (χ0v) is 8.33. The van der Waals surface area contributed by atoms with Gasteiger partial charge in [0.1, 0.15) is 0 Å². The van der Waals surface area contributed by atoms with Gasteiger partial charge in [0.2, 0.25) is 0 Å². The summed E-state index contributed by atoms with van der Waals surface area (Å²) in [4.78, 5) is 0. The molecule has 4 N–H and O–H groups in total. The molecule has 0 spiro atoms. The Labute approximate surface area is 78.0 Å². The summed E-state index contributed by atoms with van der Waals surface area (Å²) in [6, 6.07) is 0. The lowest BCUT2D eigenvalue weighted by Crippen LogP contribution is -2.53. The minimum atomic E-state index is -3.60. The standard InChI is InChI=1S/C6H15N3O3S/c1-5-3-9(13(8,10)11)4-6(2-7)12-5/h5-6H,2-4,7H2,1H3,(H2,8,10,11). The largest absolute Gasteiger partial charge is 0.371 e. The van der Waals surface area contributed by atoms with Gasteiger partial charge >= 0.3 is 0 Å². The fourth-order valence-electron chi connectivity index (χ4n) is 1.34. The Morgan fingerprint density at radius 3 is 2.62 bits per heavy atom. The zero-order valence-electron chi connectivity index (χ0n) is 7.51. The van der Waals surface area contributed by atoms with Crippen molar-refractivity contribution in [2.24, 2.45) is 10.9 Å². The van der Waals surface area contributed by atoms with Crippen LogP contribution in [0.2, 0.25) is 0 Å². The van der Waals surface area contributed by atoms with Gasteiger partial charge < -0.3 is 10.5 Å². The molecule has 0 radical (unpaired) electrons.